The third-order valence-electron chi connectivity index (χ3n) is 9.56. The van der Waals surface area contributed by atoms with Gasteiger partial charge in [0.05, 0.1) is 34.7 Å². The maximum absolute atomic E-state index is 14.9. The Bertz CT molecular complexity index is 1390. The van der Waals surface area contributed by atoms with Crippen molar-refractivity contribution in [2.45, 2.75) is 69.3 Å². The zero-order chi connectivity index (χ0) is 31.1. The maximum Gasteiger partial charge on any atom is 0.248 e. The first-order valence-electron chi connectivity index (χ1n) is 15.3. The number of thioether (sulfide) groups is 1. The van der Waals surface area contributed by atoms with Crippen LogP contribution in [0.2, 0.25) is 0 Å². The van der Waals surface area contributed by atoms with Crippen LogP contribution < -0.4 is 0 Å². The second kappa shape index (κ2) is 12.4. The van der Waals surface area contributed by atoms with Crippen molar-refractivity contribution in [3.8, 4) is 0 Å². The summed E-state index contributed by atoms with van der Waals surface area (Å²) in [6.07, 6.45) is 4.94. The molecule has 10 nitrogen and oxygen atoms in total. The Balaban J connectivity index is 1.59. The van der Waals surface area contributed by atoms with E-state index >= 15 is 0 Å². The monoisotopic (exact) mass is 608 g/mol. The van der Waals surface area contributed by atoms with E-state index in [-0.39, 0.29) is 54.6 Å². The molecule has 3 amide bonds. The SMILES string of the molecule is C=CCN(Cn1nnc2ccccc21)C(=O)C1N([C@@H](CO)C(C)C)C(=O)[C@@H]2[C@@H](C(=O)N(CC=C)CCC)[C@H]3CC(C)C12S3. The summed E-state index contributed by atoms with van der Waals surface area (Å²) in [6.45, 7) is 16.9. The van der Waals surface area contributed by atoms with Crippen LogP contribution in [0.5, 0.6) is 0 Å². The van der Waals surface area contributed by atoms with Gasteiger partial charge in [0.25, 0.3) is 0 Å². The van der Waals surface area contributed by atoms with E-state index in [0.29, 0.717) is 13.1 Å². The van der Waals surface area contributed by atoms with Crippen molar-refractivity contribution >= 4 is 40.5 Å². The quantitative estimate of drug-likeness (QED) is 0.348. The molecule has 0 aliphatic carbocycles. The molecular weight excluding hydrogens is 564 g/mol. The van der Waals surface area contributed by atoms with Crippen LogP contribution in [-0.4, -0.2) is 101 Å². The van der Waals surface area contributed by atoms with Gasteiger partial charge < -0.3 is 19.8 Å². The Hall–Kier alpha value is -3.18. The van der Waals surface area contributed by atoms with Crippen molar-refractivity contribution in [1.82, 2.24) is 29.7 Å². The number of rotatable bonds is 13. The summed E-state index contributed by atoms with van der Waals surface area (Å²) in [5.41, 5.74) is 1.52. The molecule has 1 spiro atoms. The molecule has 2 aromatic rings. The minimum Gasteiger partial charge on any atom is -0.394 e. The van der Waals surface area contributed by atoms with Gasteiger partial charge in [0.1, 0.15) is 18.2 Å². The van der Waals surface area contributed by atoms with Crippen molar-refractivity contribution in [3.63, 3.8) is 0 Å². The minimum atomic E-state index is -0.846. The van der Waals surface area contributed by atoms with Gasteiger partial charge in [0.15, 0.2) is 0 Å². The lowest BCUT2D eigenvalue weighted by molar-refractivity contribution is -0.148. The van der Waals surface area contributed by atoms with E-state index in [0.717, 1.165) is 23.9 Å². The second-order valence-corrected chi connectivity index (χ2v) is 14.0. The van der Waals surface area contributed by atoms with Crippen molar-refractivity contribution in [2.24, 2.45) is 23.7 Å². The van der Waals surface area contributed by atoms with Crippen LogP contribution in [0.3, 0.4) is 0 Å². The van der Waals surface area contributed by atoms with Crippen molar-refractivity contribution < 1.29 is 19.5 Å². The van der Waals surface area contributed by atoms with Gasteiger partial charge in [-0.05, 0) is 36.8 Å². The van der Waals surface area contributed by atoms with Crippen molar-refractivity contribution in [3.05, 3.63) is 49.6 Å². The maximum atomic E-state index is 14.9. The molecule has 2 bridgehead atoms. The summed E-state index contributed by atoms with van der Waals surface area (Å²) < 4.78 is 0.892. The lowest BCUT2D eigenvalue weighted by Crippen LogP contribution is -2.60. The van der Waals surface area contributed by atoms with E-state index in [1.165, 1.54) is 0 Å². The van der Waals surface area contributed by atoms with Gasteiger partial charge in [-0.25, -0.2) is 4.68 Å². The standard InChI is InChI=1S/C32H44N6O4S/c1-7-14-35(15-8-2)29(40)26-25-17-21(6)32(43-25)27(26)30(41)38(24(18-39)20(4)5)28(32)31(42)36(16-9-3)19-37-23-13-11-10-12-22(23)33-34-37/h7,9-13,20-21,24-28,39H,1,3,8,14-19H2,2,4-6H3/t21?,24-,25+,26-,27-,28?,32?/m0/s1. The first-order valence-corrected chi connectivity index (χ1v) is 16.2. The van der Waals surface area contributed by atoms with E-state index in [2.05, 4.69) is 30.4 Å². The van der Waals surface area contributed by atoms with Gasteiger partial charge in [0.2, 0.25) is 17.7 Å². The van der Waals surface area contributed by atoms with Crippen LogP contribution in [0.25, 0.3) is 11.0 Å². The molecule has 1 aromatic heterocycles. The first-order chi connectivity index (χ1) is 20.7. The minimum absolute atomic E-state index is 0.0164. The molecule has 3 unspecified atom stereocenters. The van der Waals surface area contributed by atoms with Gasteiger partial charge >= 0.3 is 0 Å². The van der Waals surface area contributed by atoms with Gasteiger partial charge in [-0.3, -0.25) is 14.4 Å². The Morgan fingerprint density at radius 2 is 1.88 bits per heavy atom. The van der Waals surface area contributed by atoms with E-state index in [4.69, 9.17) is 0 Å². The number of para-hydroxylation sites is 1. The highest BCUT2D eigenvalue weighted by atomic mass is 32.2. The highest BCUT2D eigenvalue weighted by Gasteiger charge is 2.77. The van der Waals surface area contributed by atoms with Crippen LogP contribution in [0.4, 0.5) is 0 Å². The Kier molecular flexibility index (Phi) is 9.04. The largest absolute Gasteiger partial charge is 0.394 e. The van der Waals surface area contributed by atoms with Crippen LogP contribution in [0.1, 0.15) is 40.5 Å². The zero-order valence-electron chi connectivity index (χ0n) is 25.6. The molecule has 7 atom stereocenters. The number of benzene rings is 1. The molecule has 0 saturated carbocycles. The van der Waals surface area contributed by atoms with Gasteiger partial charge in [-0.15, -0.1) is 30.0 Å². The Morgan fingerprint density at radius 1 is 1.19 bits per heavy atom. The smallest absolute Gasteiger partial charge is 0.248 e. The highest BCUT2D eigenvalue weighted by Crippen LogP contribution is 2.69. The van der Waals surface area contributed by atoms with Crippen LogP contribution >= 0.6 is 11.8 Å². The number of carbonyl (C=O) groups is 3. The third-order valence-corrected chi connectivity index (χ3v) is 11.6. The molecule has 11 heteroatoms. The number of hydrogen-bond acceptors (Lipinski definition) is 7. The number of carbonyl (C=O) groups excluding carboxylic acids is 3. The molecular formula is C32H44N6O4S. The van der Waals surface area contributed by atoms with E-state index in [1.54, 1.807) is 43.3 Å². The number of amides is 3. The summed E-state index contributed by atoms with van der Waals surface area (Å²) in [4.78, 5) is 48.8. The molecule has 5 rings (SSSR count). The highest BCUT2D eigenvalue weighted by molar-refractivity contribution is 8.02. The molecule has 3 saturated heterocycles. The number of aromatic nitrogens is 3. The fraction of sp³-hybridized carbons (Fsp3) is 0.594. The van der Waals surface area contributed by atoms with Crippen LogP contribution in [0.15, 0.2) is 49.6 Å². The molecule has 3 aliphatic heterocycles. The average Bonchev–Trinajstić information content (AvgIpc) is 3.70. The van der Waals surface area contributed by atoms with Crippen LogP contribution in [-0.2, 0) is 21.1 Å². The molecule has 1 aromatic carbocycles. The van der Waals surface area contributed by atoms with Gasteiger partial charge in [0, 0.05) is 24.9 Å². The summed E-state index contributed by atoms with van der Waals surface area (Å²) >= 11 is 1.65. The summed E-state index contributed by atoms with van der Waals surface area (Å²) in [5, 5.41) is 19.1. The lowest BCUT2D eigenvalue weighted by Gasteiger charge is -2.42. The van der Waals surface area contributed by atoms with E-state index in [1.807, 2.05) is 45.0 Å². The Labute approximate surface area is 258 Å². The molecule has 3 aliphatic rings. The number of nitrogens with zero attached hydrogens (tertiary/aromatic N) is 6. The predicted octanol–water partition coefficient (Wildman–Crippen LogP) is 3.18. The lowest BCUT2D eigenvalue weighted by atomic mass is 9.65. The van der Waals surface area contributed by atoms with E-state index < -0.39 is 28.7 Å². The van der Waals surface area contributed by atoms with Crippen LogP contribution in [0, 0.1) is 23.7 Å². The first kappa shape index (κ1) is 31.3. The second-order valence-electron chi connectivity index (χ2n) is 12.4. The molecule has 4 heterocycles. The van der Waals surface area contributed by atoms with E-state index in [9.17, 15) is 19.5 Å². The molecule has 43 heavy (non-hydrogen) atoms. The normalized spacial score (nSPS) is 28.4. The molecule has 3 fully saturated rings. The molecule has 0 radical (unpaired) electrons. The Morgan fingerprint density at radius 3 is 2.53 bits per heavy atom. The zero-order valence-corrected chi connectivity index (χ0v) is 26.4. The molecule has 1 N–H and O–H groups in total. The van der Waals surface area contributed by atoms with Gasteiger partial charge in [-0.1, -0.05) is 57.2 Å². The summed E-state index contributed by atoms with van der Waals surface area (Å²) in [5.74, 6) is -1.73. The fourth-order valence-corrected chi connectivity index (χ4v) is 10.1. The number of aliphatic hydroxyl groups is 1. The third kappa shape index (κ3) is 4.98. The topological polar surface area (TPSA) is 112 Å². The summed E-state index contributed by atoms with van der Waals surface area (Å²) in [7, 11) is 0. The van der Waals surface area contributed by atoms with Gasteiger partial charge in [-0.2, -0.15) is 0 Å². The van der Waals surface area contributed by atoms with Crippen molar-refractivity contribution in [1.29, 1.82) is 0 Å². The van der Waals surface area contributed by atoms with Crippen molar-refractivity contribution in [2.75, 3.05) is 26.2 Å². The molecule has 232 valence electrons. The average molecular weight is 609 g/mol. The number of fused-ring (bicyclic) bond motifs is 2. The number of aliphatic hydroxyl groups excluding tert-OH is 1. The summed E-state index contributed by atoms with van der Waals surface area (Å²) in [6, 6.07) is 6.15. The predicted molar refractivity (Wildman–Crippen MR) is 168 cm³/mol. The fourth-order valence-electron chi connectivity index (χ4n) is 7.66. The number of likely N-dealkylation sites (tertiary alicyclic amines) is 1. The number of hydrogen-bond donors (Lipinski definition) is 1.